The van der Waals surface area contributed by atoms with E-state index in [1.54, 1.807) is 37.7 Å². The summed E-state index contributed by atoms with van der Waals surface area (Å²) in [7, 11) is 1.55. The summed E-state index contributed by atoms with van der Waals surface area (Å²) in [5, 5.41) is 6.77. The molecule has 0 atom stereocenters. The van der Waals surface area contributed by atoms with E-state index in [1.165, 1.54) is 32.1 Å². The number of aromatic nitrogens is 1. The number of anilines is 2. The largest absolute Gasteiger partial charge is 0.495 e. The number of rotatable bonds is 5. The molecule has 1 fully saturated rings. The van der Waals surface area contributed by atoms with Crippen molar-refractivity contribution in [3.8, 4) is 5.75 Å². The van der Waals surface area contributed by atoms with E-state index < -0.39 is 0 Å². The van der Waals surface area contributed by atoms with Crippen molar-refractivity contribution in [2.45, 2.75) is 38.1 Å². The minimum atomic E-state index is -0.221. The van der Waals surface area contributed by atoms with Crippen molar-refractivity contribution < 1.29 is 9.53 Å². The summed E-state index contributed by atoms with van der Waals surface area (Å²) in [5.41, 5.74) is 2.00. The van der Waals surface area contributed by atoms with E-state index in [2.05, 4.69) is 15.6 Å². The van der Waals surface area contributed by atoms with Gasteiger partial charge in [0.05, 0.1) is 23.4 Å². The Morgan fingerprint density at radius 1 is 1.16 bits per heavy atom. The van der Waals surface area contributed by atoms with Crippen molar-refractivity contribution in [3.63, 3.8) is 0 Å². The highest BCUT2D eigenvalue weighted by Crippen LogP contribution is 2.27. The van der Waals surface area contributed by atoms with Crippen LogP contribution in [0.25, 0.3) is 0 Å². The van der Waals surface area contributed by atoms with Crippen molar-refractivity contribution in [1.29, 1.82) is 0 Å². The summed E-state index contributed by atoms with van der Waals surface area (Å²) in [5.74, 6) is 0.348. The molecule has 2 N–H and O–H groups in total. The Balaban J connectivity index is 1.67. The highest BCUT2D eigenvalue weighted by Gasteiger charge is 2.14. The van der Waals surface area contributed by atoms with Crippen LogP contribution in [0, 0.1) is 0 Å². The first-order valence-electron chi connectivity index (χ1n) is 8.52. The van der Waals surface area contributed by atoms with E-state index in [9.17, 15) is 4.79 Å². The lowest BCUT2D eigenvalue weighted by molar-refractivity contribution is 0.102. The number of carbonyl (C=O) groups excluding carboxylic acids is 1. The van der Waals surface area contributed by atoms with E-state index >= 15 is 0 Å². The summed E-state index contributed by atoms with van der Waals surface area (Å²) in [6.45, 7) is 0. The van der Waals surface area contributed by atoms with Crippen LogP contribution in [-0.2, 0) is 0 Å². The molecule has 1 amide bonds. The fourth-order valence-electron chi connectivity index (χ4n) is 3.07. The Labute approximate surface area is 152 Å². The van der Waals surface area contributed by atoms with Gasteiger partial charge in [0.15, 0.2) is 0 Å². The van der Waals surface area contributed by atoms with Gasteiger partial charge in [-0.2, -0.15) is 0 Å². The SMILES string of the molecule is COc1ccc(NC(=O)c2cncc(NC3CCCCC3)c2)cc1Cl. The van der Waals surface area contributed by atoms with Gasteiger partial charge < -0.3 is 15.4 Å². The maximum Gasteiger partial charge on any atom is 0.257 e. The molecule has 6 heteroatoms. The summed E-state index contributed by atoms with van der Waals surface area (Å²) in [6.07, 6.45) is 9.47. The predicted molar refractivity (Wildman–Crippen MR) is 101 cm³/mol. The zero-order chi connectivity index (χ0) is 17.6. The summed E-state index contributed by atoms with van der Waals surface area (Å²) in [4.78, 5) is 16.7. The van der Waals surface area contributed by atoms with Crippen LogP contribution in [0.2, 0.25) is 5.02 Å². The van der Waals surface area contributed by atoms with Gasteiger partial charge in [-0.1, -0.05) is 30.9 Å². The monoisotopic (exact) mass is 359 g/mol. The first-order valence-corrected chi connectivity index (χ1v) is 8.90. The lowest BCUT2D eigenvalue weighted by Gasteiger charge is -2.23. The molecule has 1 aromatic carbocycles. The summed E-state index contributed by atoms with van der Waals surface area (Å²) in [6, 6.07) is 7.43. The van der Waals surface area contributed by atoms with Gasteiger partial charge in [-0.25, -0.2) is 0 Å². The minimum absolute atomic E-state index is 0.221. The van der Waals surface area contributed by atoms with E-state index in [4.69, 9.17) is 16.3 Å². The van der Waals surface area contributed by atoms with Crippen molar-refractivity contribution in [1.82, 2.24) is 4.98 Å². The number of nitrogens with one attached hydrogen (secondary N) is 2. The van der Waals surface area contributed by atoms with Gasteiger partial charge >= 0.3 is 0 Å². The molecule has 0 saturated heterocycles. The maximum atomic E-state index is 12.5. The minimum Gasteiger partial charge on any atom is -0.495 e. The second kappa shape index (κ2) is 8.21. The molecule has 0 bridgehead atoms. The van der Waals surface area contributed by atoms with E-state index in [0.29, 0.717) is 28.1 Å². The van der Waals surface area contributed by atoms with Crippen LogP contribution in [0.15, 0.2) is 36.7 Å². The number of hydrogen-bond acceptors (Lipinski definition) is 4. The molecule has 132 valence electrons. The Bertz CT molecular complexity index is 745. The fourth-order valence-corrected chi connectivity index (χ4v) is 3.33. The van der Waals surface area contributed by atoms with Crippen LogP contribution >= 0.6 is 11.6 Å². The molecular weight excluding hydrogens is 338 g/mol. The molecule has 3 rings (SSSR count). The Kier molecular flexibility index (Phi) is 5.76. The van der Waals surface area contributed by atoms with Gasteiger partial charge in [-0.15, -0.1) is 0 Å². The van der Waals surface area contributed by atoms with Gasteiger partial charge in [0.2, 0.25) is 0 Å². The maximum absolute atomic E-state index is 12.5. The number of halogens is 1. The van der Waals surface area contributed by atoms with Crippen molar-refractivity contribution >= 4 is 28.9 Å². The lowest BCUT2D eigenvalue weighted by Crippen LogP contribution is -2.22. The van der Waals surface area contributed by atoms with Crippen LogP contribution in [-0.4, -0.2) is 24.0 Å². The standard InChI is InChI=1S/C19H22ClN3O2/c1-25-18-8-7-15(10-17(18)20)23-19(24)13-9-16(12-21-11-13)22-14-5-3-2-4-6-14/h7-12,14,22H,2-6H2,1H3,(H,23,24). The smallest absolute Gasteiger partial charge is 0.257 e. The molecule has 0 unspecified atom stereocenters. The first kappa shape index (κ1) is 17.5. The molecule has 1 aliphatic rings. The van der Waals surface area contributed by atoms with Gasteiger partial charge in [-0.3, -0.25) is 9.78 Å². The van der Waals surface area contributed by atoms with Gasteiger partial charge in [0, 0.05) is 24.1 Å². The third kappa shape index (κ3) is 4.63. The van der Waals surface area contributed by atoms with E-state index in [1.807, 2.05) is 6.07 Å². The van der Waals surface area contributed by atoms with E-state index in [0.717, 1.165) is 5.69 Å². The normalized spacial score (nSPS) is 14.8. The number of hydrogen-bond donors (Lipinski definition) is 2. The number of nitrogens with zero attached hydrogens (tertiary/aromatic N) is 1. The molecule has 1 aliphatic carbocycles. The number of amides is 1. The first-order chi connectivity index (χ1) is 12.2. The Morgan fingerprint density at radius 3 is 2.68 bits per heavy atom. The van der Waals surface area contributed by atoms with Crippen molar-refractivity contribution in [3.05, 3.63) is 47.2 Å². The second-order valence-corrected chi connectivity index (χ2v) is 6.65. The molecule has 1 heterocycles. The number of benzene rings is 1. The highest BCUT2D eigenvalue weighted by atomic mass is 35.5. The fraction of sp³-hybridized carbons (Fsp3) is 0.368. The zero-order valence-corrected chi connectivity index (χ0v) is 15.0. The molecule has 0 aliphatic heterocycles. The van der Waals surface area contributed by atoms with Gasteiger partial charge in [-0.05, 0) is 37.1 Å². The predicted octanol–water partition coefficient (Wildman–Crippen LogP) is 4.74. The lowest BCUT2D eigenvalue weighted by atomic mass is 9.95. The molecule has 25 heavy (non-hydrogen) atoms. The zero-order valence-electron chi connectivity index (χ0n) is 14.2. The van der Waals surface area contributed by atoms with Crippen LogP contribution in [0.1, 0.15) is 42.5 Å². The van der Waals surface area contributed by atoms with Crippen molar-refractivity contribution in [2.24, 2.45) is 0 Å². The van der Waals surface area contributed by atoms with Crippen LogP contribution < -0.4 is 15.4 Å². The molecule has 1 aromatic heterocycles. The number of carbonyl (C=O) groups is 1. The molecule has 0 spiro atoms. The third-order valence-electron chi connectivity index (χ3n) is 4.39. The Morgan fingerprint density at radius 2 is 1.96 bits per heavy atom. The second-order valence-electron chi connectivity index (χ2n) is 6.25. The van der Waals surface area contributed by atoms with Gasteiger partial charge in [0.25, 0.3) is 5.91 Å². The topological polar surface area (TPSA) is 63.2 Å². The van der Waals surface area contributed by atoms with Crippen LogP contribution in [0.5, 0.6) is 5.75 Å². The van der Waals surface area contributed by atoms with E-state index in [-0.39, 0.29) is 5.91 Å². The highest BCUT2D eigenvalue weighted by molar-refractivity contribution is 6.32. The number of pyridine rings is 1. The van der Waals surface area contributed by atoms with Crippen LogP contribution in [0.4, 0.5) is 11.4 Å². The third-order valence-corrected chi connectivity index (χ3v) is 4.68. The average molecular weight is 360 g/mol. The molecule has 0 radical (unpaired) electrons. The summed E-state index contributed by atoms with van der Waals surface area (Å²) >= 11 is 6.09. The number of ether oxygens (including phenoxy) is 1. The number of methoxy groups -OCH3 is 1. The molecular formula is C19H22ClN3O2. The summed E-state index contributed by atoms with van der Waals surface area (Å²) < 4.78 is 5.11. The molecule has 5 nitrogen and oxygen atoms in total. The Hall–Kier alpha value is -2.27. The van der Waals surface area contributed by atoms with Gasteiger partial charge in [0.1, 0.15) is 5.75 Å². The molecule has 1 saturated carbocycles. The average Bonchev–Trinajstić information content (AvgIpc) is 2.63. The molecule has 2 aromatic rings. The van der Waals surface area contributed by atoms with Crippen molar-refractivity contribution in [2.75, 3.05) is 17.7 Å². The quantitative estimate of drug-likeness (QED) is 0.809. The van der Waals surface area contributed by atoms with Crippen LogP contribution in [0.3, 0.4) is 0 Å².